The Morgan fingerprint density at radius 3 is 2.80 bits per heavy atom. The van der Waals surface area contributed by atoms with Gasteiger partial charge in [0.1, 0.15) is 5.82 Å². The van der Waals surface area contributed by atoms with E-state index < -0.39 is 5.90 Å². The molecule has 0 atom stereocenters. The van der Waals surface area contributed by atoms with Crippen molar-refractivity contribution in [2.75, 3.05) is 18.0 Å². The molecule has 0 unspecified atom stereocenters. The Labute approximate surface area is 136 Å². The van der Waals surface area contributed by atoms with E-state index in [2.05, 4.69) is 40.5 Å². The van der Waals surface area contributed by atoms with Crippen molar-refractivity contribution < 1.29 is 34.7 Å². The first-order valence-corrected chi connectivity index (χ1v) is 5.89. The summed E-state index contributed by atoms with van der Waals surface area (Å²) in [7, 11) is 0. The van der Waals surface area contributed by atoms with Crippen LogP contribution in [0.25, 0.3) is 0 Å². The zero-order valence-electron chi connectivity index (χ0n) is 11.0. The Bertz CT molecular complexity index is 581. The summed E-state index contributed by atoms with van der Waals surface area (Å²) >= 11 is 0. The van der Waals surface area contributed by atoms with Crippen molar-refractivity contribution in [1.82, 2.24) is 30.6 Å². The van der Waals surface area contributed by atoms with Gasteiger partial charge < -0.3 is 10.0 Å². The second kappa shape index (κ2) is 6.73. The average molecular weight is 282 g/mol. The van der Waals surface area contributed by atoms with E-state index in [0.717, 1.165) is 25.9 Å². The molecule has 0 radical (unpaired) electrons. The van der Waals surface area contributed by atoms with E-state index in [-0.39, 0.29) is 41.2 Å². The van der Waals surface area contributed by atoms with Gasteiger partial charge in [0.05, 0.1) is 18.1 Å². The number of anilines is 1. The van der Waals surface area contributed by atoms with Crippen molar-refractivity contribution in [3.05, 3.63) is 18.1 Å². The third-order valence-electron chi connectivity index (χ3n) is 2.81. The van der Waals surface area contributed by atoms with Crippen LogP contribution >= 0.6 is 0 Å². The van der Waals surface area contributed by atoms with Crippen LogP contribution in [0, 0.1) is 0 Å². The van der Waals surface area contributed by atoms with Gasteiger partial charge in [0, 0.05) is 19.0 Å². The summed E-state index contributed by atoms with van der Waals surface area (Å²) in [5, 5.41) is 24.6. The summed E-state index contributed by atoms with van der Waals surface area (Å²) in [5.41, 5.74) is 0.175. The van der Waals surface area contributed by atoms with Crippen molar-refractivity contribution in [3.8, 4) is 0 Å². The number of tetrazole rings is 1. The molecular formula is C10H11N8NaO. The summed E-state index contributed by atoms with van der Waals surface area (Å²) in [4.78, 5) is 14.1. The first-order chi connectivity index (χ1) is 9.33. The van der Waals surface area contributed by atoms with Gasteiger partial charge in [0.25, 0.3) is 5.95 Å². The maximum absolute atomic E-state index is 11.9. The third-order valence-corrected chi connectivity index (χ3v) is 2.81. The van der Waals surface area contributed by atoms with Gasteiger partial charge in [-0.25, -0.2) is 9.98 Å². The van der Waals surface area contributed by atoms with E-state index in [1.54, 1.807) is 6.20 Å². The van der Waals surface area contributed by atoms with Gasteiger partial charge in [0.2, 0.25) is 0 Å². The molecule has 2 aromatic rings. The number of aliphatic imine (C=N–C) groups is 1. The molecule has 0 amide bonds. The molecule has 3 rings (SSSR count). The van der Waals surface area contributed by atoms with E-state index in [4.69, 9.17) is 0 Å². The van der Waals surface area contributed by atoms with Crippen molar-refractivity contribution >= 4 is 17.7 Å². The van der Waals surface area contributed by atoms with Crippen molar-refractivity contribution in [3.63, 3.8) is 0 Å². The SMILES string of the molecule is [Na+].[O-]/C(=N\c1nn[nH]n1)c1cncc(N2CCCC2)n1. The van der Waals surface area contributed by atoms with Gasteiger partial charge in [-0.1, -0.05) is 5.10 Å². The van der Waals surface area contributed by atoms with E-state index in [1.807, 2.05) is 0 Å². The van der Waals surface area contributed by atoms with Crippen LogP contribution in [0.15, 0.2) is 17.4 Å². The fourth-order valence-corrected chi connectivity index (χ4v) is 1.91. The van der Waals surface area contributed by atoms with E-state index in [0.29, 0.717) is 5.82 Å². The van der Waals surface area contributed by atoms with Crippen molar-refractivity contribution in [2.24, 2.45) is 4.99 Å². The fraction of sp³-hybridized carbons (Fsp3) is 0.400. The Balaban J connectivity index is 0.00000147. The Morgan fingerprint density at radius 1 is 1.30 bits per heavy atom. The van der Waals surface area contributed by atoms with Crippen molar-refractivity contribution in [2.45, 2.75) is 12.8 Å². The summed E-state index contributed by atoms with van der Waals surface area (Å²) in [6, 6.07) is 0. The predicted octanol–water partition coefficient (Wildman–Crippen LogP) is -3.97. The van der Waals surface area contributed by atoms with Gasteiger partial charge in [-0.2, -0.15) is 5.21 Å². The number of hydrogen-bond donors (Lipinski definition) is 1. The molecule has 1 aliphatic rings. The number of aromatic amines is 1. The molecule has 3 heterocycles. The standard InChI is InChI=1S/C10H12N8O.Na/c19-9(13-10-14-16-17-15-10)7-5-11-6-8(12-7)18-3-1-2-4-18;/h5-6H,1-4H2,(H2,13,14,15,16,17,19);/q;+1/p-1. The average Bonchev–Trinajstić information content (AvgIpc) is 3.12. The van der Waals surface area contributed by atoms with Crippen LogP contribution in [0.1, 0.15) is 18.5 Å². The normalized spacial score (nSPS) is 15.2. The second-order valence-electron chi connectivity index (χ2n) is 4.09. The second-order valence-corrected chi connectivity index (χ2v) is 4.09. The zero-order chi connectivity index (χ0) is 13.1. The summed E-state index contributed by atoms with van der Waals surface area (Å²) in [6.07, 6.45) is 5.29. The molecule has 20 heavy (non-hydrogen) atoms. The molecule has 1 saturated heterocycles. The minimum Gasteiger partial charge on any atom is -0.857 e. The molecule has 9 nitrogen and oxygen atoms in total. The van der Waals surface area contributed by atoms with Crippen LogP contribution in [-0.4, -0.2) is 49.6 Å². The molecule has 0 spiro atoms. The molecule has 0 bridgehead atoms. The van der Waals surface area contributed by atoms with E-state index in [9.17, 15) is 5.11 Å². The topological polar surface area (TPSA) is 119 Å². The summed E-state index contributed by atoms with van der Waals surface area (Å²) in [5.74, 6) is 0.153. The van der Waals surface area contributed by atoms with Gasteiger partial charge in [-0.05, 0) is 18.1 Å². The zero-order valence-corrected chi connectivity index (χ0v) is 13.0. The van der Waals surface area contributed by atoms with Crippen LogP contribution in [-0.2, 0) is 0 Å². The Kier molecular flexibility index (Phi) is 4.99. The van der Waals surface area contributed by atoms with Crippen LogP contribution in [0.2, 0.25) is 0 Å². The monoisotopic (exact) mass is 282 g/mol. The van der Waals surface area contributed by atoms with Crippen LogP contribution in [0.3, 0.4) is 0 Å². The van der Waals surface area contributed by atoms with Crippen LogP contribution in [0.4, 0.5) is 11.8 Å². The van der Waals surface area contributed by atoms with Crippen LogP contribution < -0.4 is 39.6 Å². The molecule has 0 aromatic carbocycles. The number of nitrogens with zero attached hydrogens (tertiary/aromatic N) is 7. The predicted molar refractivity (Wildman–Crippen MR) is 63.9 cm³/mol. The number of hydrogen-bond acceptors (Lipinski definition) is 8. The molecule has 0 saturated carbocycles. The maximum atomic E-state index is 11.9. The minimum atomic E-state index is -0.532. The fourth-order valence-electron chi connectivity index (χ4n) is 1.91. The van der Waals surface area contributed by atoms with Gasteiger partial charge in [-0.15, -0.1) is 5.10 Å². The number of H-pyrrole nitrogens is 1. The Morgan fingerprint density at radius 2 is 2.10 bits per heavy atom. The molecule has 0 aliphatic carbocycles. The molecule has 2 aromatic heterocycles. The molecule has 1 N–H and O–H groups in total. The van der Waals surface area contributed by atoms with Gasteiger partial charge in [0.15, 0.2) is 0 Å². The Hall–Kier alpha value is -1.58. The van der Waals surface area contributed by atoms with Gasteiger partial charge in [-0.3, -0.25) is 4.98 Å². The summed E-state index contributed by atoms with van der Waals surface area (Å²) < 4.78 is 0. The smallest absolute Gasteiger partial charge is 0.857 e. The van der Waals surface area contributed by atoms with Crippen molar-refractivity contribution in [1.29, 1.82) is 0 Å². The third kappa shape index (κ3) is 3.30. The quantitative estimate of drug-likeness (QED) is 0.346. The molecular weight excluding hydrogens is 271 g/mol. The molecule has 1 aliphatic heterocycles. The first-order valence-electron chi connectivity index (χ1n) is 5.89. The van der Waals surface area contributed by atoms with E-state index in [1.165, 1.54) is 6.20 Å². The molecule has 1 fully saturated rings. The number of rotatable bonds is 3. The number of aromatic nitrogens is 6. The number of nitrogens with one attached hydrogen (secondary N) is 1. The largest absolute Gasteiger partial charge is 1.00 e. The molecule has 10 heteroatoms. The van der Waals surface area contributed by atoms with Crippen LogP contribution in [0.5, 0.6) is 0 Å². The first kappa shape index (κ1) is 14.8. The van der Waals surface area contributed by atoms with Gasteiger partial charge >= 0.3 is 29.6 Å². The van der Waals surface area contributed by atoms with E-state index >= 15 is 0 Å². The minimum absolute atomic E-state index is 0. The maximum Gasteiger partial charge on any atom is 1.00 e. The molecule has 98 valence electrons. The summed E-state index contributed by atoms with van der Waals surface area (Å²) in [6.45, 7) is 1.88.